The summed E-state index contributed by atoms with van der Waals surface area (Å²) in [5.41, 5.74) is 0.498. The lowest BCUT2D eigenvalue weighted by molar-refractivity contribution is 0.0928. The summed E-state index contributed by atoms with van der Waals surface area (Å²) in [5, 5.41) is 3.03. The summed E-state index contributed by atoms with van der Waals surface area (Å²) in [6, 6.07) is 5.35. The number of rotatable bonds is 6. The van der Waals surface area contributed by atoms with E-state index in [2.05, 4.69) is 41.8 Å². The van der Waals surface area contributed by atoms with E-state index < -0.39 is 0 Å². The summed E-state index contributed by atoms with van der Waals surface area (Å²) in [4.78, 5) is 12.3. The maximum Gasteiger partial charge on any atom is 0.255 e. The highest BCUT2D eigenvalue weighted by Crippen LogP contribution is 2.24. The number of methoxy groups -OCH3 is 2. The summed E-state index contributed by atoms with van der Waals surface area (Å²) in [6.07, 6.45) is 0. The van der Waals surface area contributed by atoms with Crippen LogP contribution >= 0.6 is 22.6 Å². The van der Waals surface area contributed by atoms with Crippen LogP contribution in [-0.4, -0.2) is 30.6 Å². The second-order valence-corrected chi connectivity index (χ2v) is 5.43. The van der Waals surface area contributed by atoms with Crippen molar-refractivity contribution in [2.24, 2.45) is 5.92 Å². The van der Waals surface area contributed by atoms with Crippen molar-refractivity contribution in [2.75, 3.05) is 18.6 Å². The Morgan fingerprint density at radius 1 is 1.32 bits per heavy atom. The number of carbonyl (C=O) groups is 1. The standard InChI is InChI=1S/C14H20INO3/c1-9(2)12(8-15)16-14(17)11-7-10(18-3)5-6-13(11)19-4/h5-7,9,12H,8H2,1-4H3,(H,16,17). The van der Waals surface area contributed by atoms with Gasteiger partial charge in [-0.1, -0.05) is 36.4 Å². The fourth-order valence-electron chi connectivity index (χ4n) is 1.62. The van der Waals surface area contributed by atoms with E-state index >= 15 is 0 Å². The fraction of sp³-hybridized carbons (Fsp3) is 0.500. The third-order valence-electron chi connectivity index (χ3n) is 2.94. The van der Waals surface area contributed by atoms with Crippen LogP contribution in [0.1, 0.15) is 24.2 Å². The minimum atomic E-state index is -0.133. The van der Waals surface area contributed by atoms with E-state index in [0.717, 1.165) is 4.43 Å². The average molecular weight is 377 g/mol. The van der Waals surface area contributed by atoms with Crippen molar-refractivity contribution in [3.8, 4) is 11.5 Å². The van der Waals surface area contributed by atoms with Crippen molar-refractivity contribution in [1.29, 1.82) is 0 Å². The molecule has 0 aliphatic rings. The molecule has 0 aliphatic heterocycles. The van der Waals surface area contributed by atoms with Gasteiger partial charge >= 0.3 is 0 Å². The average Bonchev–Trinajstić information content (AvgIpc) is 2.43. The highest BCUT2D eigenvalue weighted by molar-refractivity contribution is 14.1. The summed E-state index contributed by atoms with van der Waals surface area (Å²) < 4.78 is 11.2. The molecule has 4 nitrogen and oxygen atoms in total. The van der Waals surface area contributed by atoms with Crippen molar-refractivity contribution in [2.45, 2.75) is 19.9 Å². The minimum absolute atomic E-state index is 0.133. The summed E-state index contributed by atoms with van der Waals surface area (Å²) in [7, 11) is 3.13. The maximum absolute atomic E-state index is 12.3. The molecule has 1 unspecified atom stereocenters. The van der Waals surface area contributed by atoms with Crippen LogP contribution in [0.25, 0.3) is 0 Å². The zero-order valence-electron chi connectivity index (χ0n) is 11.7. The quantitative estimate of drug-likeness (QED) is 0.613. The molecule has 19 heavy (non-hydrogen) atoms. The monoisotopic (exact) mass is 377 g/mol. The maximum atomic E-state index is 12.3. The molecule has 1 atom stereocenters. The largest absolute Gasteiger partial charge is 0.497 e. The number of ether oxygens (including phenoxy) is 2. The van der Waals surface area contributed by atoms with Gasteiger partial charge in [-0.05, 0) is 24.1 Å². The number of benzene rings is 1. The molecule has 0 spiro atoms. The molecule has 0 saturated heterocycles. The summed E-state index contributed by atoms with van der Waals surface area (Å²) >= 11 is 2.28. The van der Waals surface area contributed by atoms with Crippen LogP contribution in [0.15, 0.2) is 18.2 Å². The van der Waals surface area contributed by atoms with Crippen molar-refractivity contribution < 1.29 is 14.3 Å². The third-order valence-corrected chi connectivity index (χ3v) is 3.89. The number of halogens is 1. The smallest absolute Gasteiger partial charge is 0.255 e. The van der Waals surface area contributed by atoms with Gasteiger partial charge in [0.2, 0.25) is 0 Å². The van der Waals surface area contributed by atoms with Crippen LogP contribution in [0.3, 0.4) is 0 Å². The first kappa shape index (κ1) is 16.1. The van der Waals surface area contributed by atoms with Crippen molar-refractivity contribution >= 4 is 28.5 Å². The molecule has 0 aromatic heterocycles. The first-order chi connectivity index (χ1) is 9.03. The molecule has 5 heteroatoms. The van der Waals surface area contributed by atoms with E-state index in [-0.39, 0.29) is 11.9 Å². The zero-order chi connectivity index (χ0) is 14.4. The number of hydrogen-bond donors (Lipinski definition) is 1. The molecule has 1 aromatic carbocycles. The van der Waals surface area contributed by atoms with E-state index in [1.165, 1.54) is 0 Å². The minimum Gasteiger partial charge on any atom is -0.497 e. The SMILES string of the molecule is COc1ccc(OC)c(C(=O)NC(CI)C(C)C)c1. The van der Waals surface area contributed by atoms with Crippen LogP contribution in [0.5, 0.6) is 11.5 Å². The molecule has 0 radical (unpaired) electrons. The number of hydrogen-bond acceptors (Lipinski definition) is 3. The number of carbonyl (C=O) groups excluding carboxylic acids is 1. The molecule has 106 valence electrons. The summed E-state index contributed by atoms with van der Waals surface area (Å²) in [5.74, 6) is 1.44. The lowest BCUT2D eigenvalue weighted by Gasteiger charge is -2.20. The first-order valence-electron chi connectivity index (χ1n) is 6.12. The van der Waals surface area contributed by atoms with Crippen molar-refractivity contribution in [1.82, 2.24) is 5.32 Å². The van der Waals surface area contributed by atoms with E-state index in [1.807, 2.05) is 0 Å². The predicted molar refractivity (Wildman–Crippen MR) is 84.5 cm³/mol. The fourth-order valence-corrected chi connectivity index (χ4v) is 2.86. The molecular weight excluding hydrogens is 357 g/mol. The lowest BCUT2D eigenvalue weighted by atomic mass is 10.1. The molecule has 1 N–H and O–H groups in total. The Balaban J connectivity index is 2.97. The Hall–Kier alpha value is -0.980. The van der Waals surface area contributed by atoms with Gasteiger partial charge in [-0.3, -0.25) is 4.79 Å². The Labute approximate surface area is 128 Å². The molecule has 0 aliphatic carbocycles. The van der Waals surface area contributed by atoms with Gasteiger partial charge in [0, 0.05) is 10.5 Å². The van der Waals surface area contributed by atoms with Crippen molar-refractivity contribution in [3.63, 3.8) is 0 Å². The molecule has 0 heterocycles. The molecule has 0 fully saturated rings. The van der Waals surface area contributed by atoms with E-state index in [9.17, 15) is 4.79 Å². The van der Waals surface area contributed by atoms with E-state index in [0.29, 0.717) is 23.0 Å². The third kappa shape index (κ3) is 4.26. The van der Waals surface area contributed by atoms with Gasteiger partial charge in [0.05, 0.1) is 19.8 Å². The highest BCUT2D eigenvalue weighted by Gasteiger charge is 2.19. The van der Waals surface area contributed by atoms with Gasteiger partial charge in [0.1, 0.15) is 11.5 Å². The second kappa shape index (κ2) is 7.57. The normalized spacial score (nSPS) is 12.1. The number of alkyl halides is 1. The molecular formula is C14H20INO3. The van der Waals surface area contributed by atoms with Gasteiger partial charge in [0.25, 0.3) is 5.91 Å². The second-order valence-electron chi connectivity index (χ2n) is 4.54. The van der Waals surface area contributed by atoms with Crippen LogP contribution in [0.2, 0.25) is 0 Å². The lowest BCUT2D eigenvalue weighted by Crippen LogP contribution is -2.39. The molecule has 1 aromatic rings. The van der Waals surface area contributed by atoms with Crippen molar-refractivity contribution in [3.05, 3.63) is 23.8 Å². The highest BCUT2D eigenvalue weighted by atomic mass is 127. The van der Waals surface area contributed by atoms with Gasteiger partial charge in [-0.25, -0.2) is 0 Å². The van der Waals surface area contributed by atoms with E-state index in [1.54, 1.807) is 32.4 Å². The summed E-state index contributed by atoms with van der Waals surface area (Å²) in [6.45, 7) is 4.18. The first-order valence-corrected chi connectivity index (χ1v) is 7.64. The van der Waals surface area contributed by atoms with Crippen LogP contribution in [-0.2, 0) is 0 Å². The Bertz CT molecular complexity index is 435. The molecule has 0 bridgehead atoms. The Morgan fingerprint density at radius 3 is 2.47 bits per heavy atom. The topological polar surface area (TPSA) is 47.6 Å². The predicted octanol–water partition coefficient (Wildman–Crippen LogP) is 2.89. The van der Waals surface area contributed by atoms with Gasteiger partial charge in [-0.2, -0.15) is 0 Å². The molecule has 0 saturated carbocycles. The number of amides is 1. The van der Waals surface area contributed by atoms with Crippen LogP contribution in [0.4, 0.5) is 0 Å². The van der Waals surface area contributed by atoms with Gasteiger partial charge < -0.3 is 14.8 Å². The van der Waals surface area contributed by atoms with Gasteiger partial charge in [-0.15, -0.1) is 0 Å². The molecule has 1 amide bonds. The van der Waals surface area contributed by atoms with Crippen LogP contribution < -0.4 is 14.8 Å². The Morgan fingerprint density at radius 2 is 2.00 bits per heavy atom. The Kier molecular flexibility index (Phi) is 6.41. The van der Waals surface area contributed by atoms with E-state index in [4.69, 9.17) is 9.47 Å². The van der Waals surface area contributed by atoms with Gasteiger partial charge in [0.15, 0.2) is 0 Å². The molecule has 1 rings (SSSR count). The number of nitrogens with one attached hydrogen (secondary N) is 1. The van der Waals surface area contributed by atoms with Crippen LogP contribution in [0, 0.1) is 5.92 Å². The zero-order valence-corrected chi connectivity index (χ0v) is 13.9.